The summed E-state index contributed by atoms with van der Waals surface area (Å²) in [6.45, 7) is 6.29. The summed E-state index contributed by atoms with van der Waals surface area (Å²) >= 11 is 0. The average molecular weight is 368 g/mol. The molecule has 2 aromatic rings. The van der Waals surface area contributed by atoms with E-state index in [1.54, 1.807) is 7.05 Å². The van der Waals surface area contributed by atoms with E-state index in [1.165, 1.54) is 10.7 Å². The van der Waals surface area contributed by atoms with Gasteiger partial charge in [0.25, 0.3) is 5.56 Å². The lowest BCUT2D eigenvalue weighted by Crippen LogP contribution is -2.35. The molecule has 1 aromatic carbocycles. The quantitative estimate of drug-likeness (QED) is 0.681. The first-order chi connectivity index (χ1) is 11.9. The van der Waals surface area contributed by atoms with Crippen LogP contribution in [-0.2, 0) is 18.6 Å². The summed E-state index contributed by atoms with van der Waals surface area (Å²) in [5, 5.41) is 0. The molecule has 2 bridgehead atoms. The average Bonchev–Trinajstić information content (AvgIpc) is 2.97. The molecular weight excluding hydrogens is 348 g/mol. The molecule has 1 aromatic heterocycles. The zero-order chi connectivity index (χ0) is 19.2. The third-order valence-electron chi connectivity index (χ3n) is 6.90. The van der Waals surface area contributed by atoms with E-state index < -0.39 is 28.8 Å². The minimum atomic E-state index is -4.89. The Morgan fingerprint density at radius 1 is 1.19 bits per heavy atom. The van der Waals surface area contributed by atoms with Crippen LogP contribution in [0.5, 0.6) is 0 Å². The maximum Gasteiger partial charge on any atom is 0.421 e. The van der Waals surface area contributed by atoms with E-state index in [-0.39, 0.29) is 16.7 Å². The molecule has 0 saturated heterocycles. The Hall–Kier alpha value is -2.05. The molecule has 3 nitrogen and oxygen atoms in total. The van der Waals surface area contributed by atoms with Crippen molar-refractivity contribution < 1.29 is 17.6 Å². The zero-order valence-corrected chi connectivity index (χ0v) is 15.0. The lowest BCUT2D eigenvalue weighted by molar-refractivity contribution is -0.140. The van der Waals surface area contributed by atoms with Crippen LogP contribution in [0.4, 0.5) is 17.6 Å². The van der Waals surface area contributed by atoms with Crippen molar-refractivity contribution >= 4 is 0 Å². The third-order valence-corrected chi connectivity index (χ3v) is 6.90. The summed E-state index contributed by atoms with van der Waals surface area (Å²) in [6.07, 6.45) is -3.17. The molecular formula is C19H20F4N2O. The van der Waals surface area contributed by atoms with E-state index in [0.717, 1.165) is 35.4 Å². The molecule has 140 valence electrons. The van der Waals surface area contributed by atoms with Gasteiger partial charge < -0.3 is 0 Å². The van der Waals surface area contributed by atoms with Gasteiger partial charge in [-0.1, -0.05) is 26.8 Å². The van der Waals surface area contributed by atoms with E-state index in [1.807, 2.05) is 0 Å². The predicted octanol–water partition coefficient (Wildman–Crippen LogP) is 4.51. The largest absolute Gasteiger partial charge is 0.421 e. The van der Waals surface area contributed by atoms with Gasteiger partial charge in [-0.05, 0) is 36.3 Å². The molecule has 2 aliphatic carbocycles. The number of benzene rings is 1. The van der Waals surface area contributed by atoms with Crippen LogP contribution in [0.2, 0.25) is 0 Å². The highest BCUT2D eigenvalue weighted by molar-refractivity contribution is 5.50. The van der Waals surface area contributed by atoms with Gasteiger partial charge in [-0.2, -0.15) is 13.2 Å². The van der Waals surface area contributed by atoms with Crippen LogP contribution in [0.25, 0.3) is 5.69 Å². The molecule has 0 spiro atoms. The first-order valence-electron chi connectivity index (χ1n) is 8.61. The number of halogens is 4. The van der Waals surface area contributed by atoms with E-state index in [9.17, 15) is 22.4 Å². The van der Waals surface area contributed by atoms with Crippen molar-refractivity contribution in [3.63, 3.8) is 0 Å². The van der Waals surface area contributed by atoms with Crippen molar-refractivity contribution in [2.45, 2.75) is 51.1 Å². The summed E-state index contributed by atoms with van der Waals surface area (Å²) in [7, 11) is 1.59. The zero-order valence-electron chi connectivity index (χ0n) is 15.0. The van der Waals surface area contributed by atoms with Gasteiger partial charge in [-0.3, -0.25) is 9.48 Å². The Kier molecular flexibility index (Phi) is 3.21. The van der Waals surface area contributed by atoms with Gasteiger partial charge in [-0.15, -0.1) is 0 Å². The topological polar surface area (TPSA) is 26.9 Å². The summed E-state index contributed by atoms with van der Waals surface area (Å²) < 4.78 is 56.9. The monoisotopic (exact) mass is 368 g/mol. The molecule has 0 aliphatic heterocycles. The first kappa shape index (κ1) is 17.4. The Bertz CT molecular complexity index is 983. The van der Waals surface area contributed by atoms with Gasteiger partial charge >= 0.3 is 6.18 Å². The molecule has 2 aliphatic rings. The van der Waals surface area contributed by atoms with Crippen LogP contribution in [0, 0.1) is 11.2 Å². The smallest absolute Gasteiger partial charge is 0.284 e. The van der Waals surface area contributed by atoms with Crippen molar-refractivity contribution in [1.29, 1.82) is 0 Å². The van der Waals surface area contributed by atoms with Crippen molar-refractivity contribution in [2.75, 3.05) is 0 Å². The number of rotatable bonds is 1. The molecule has 7 heteroatoms. The predicted molar refractivity (Wildman–Crippen MR) is 89.1 cm³/mol. The molecule has 0 unspecified atom stereocenters. The van der Waals surface area contributed by atoms with Gasteiger partial charge in [0, 0.05) is 18.0 Å². The van der Waals surface area contributed by atoms with E-state index >= 15 is 0 Å². The highest BCUT2D eigenvalue weighted by Gasteiger charge is 2.62. The molecule has 1 heterocycles. The van der Waals surface area contributed by atoms with Crippen LogP contribution in [0.1, 0.15) is 56.4 Å². The molecule has 0 radical (unpaired) electrons. The fourth-order valence-electron chi connectivity index (χ4n) is 5.26. The number of nitrogens with zero attached hydrogens (tertiary/aromatic N) is 2. The van der Waals surface area contributed by atoms with Crippen molar-refractivity contribution in [3.8, 4) is 5.69 Å². The lowest BCUT2D eigenvalue weighted by atomic mass is 9.70. The fraction of sp³-hybridized carbons (Fsp3) is 0.526. The van der Waals surface area contributed by atoms with Gasteiger partial charge in [0.2, 0.25) is 0 Å². The summed E-state index contributed by atoms with van der Waals surface area (Å²) in [4.78, 5) is 13.1. The maximum absolute atomic E-state index is 14.0. The van der Waals surface area contributed by atoms with Crippen LogP contribution >= 0.6 is 0 Å². The second kappa shape index (κ2) is 4.81. The molecule has 0 amide bonds. The van der Waals surface area contributed by atoms with E-state index in [0.29, 0.717) is 5.56 Å². The lowest BCUT2D eigenvalue weighted by Gasteiger charge is -2.36. The molecule has 4 rings (SSSR count). The normalized spacial score (nSPS) is 26.4. The second-order valence-electron chi connectivity index (χ2n) is 8.18. The minimum Gasteiger partial charge on any atom is -0.284 e. The SMILES string of the molecule is Cn1c2c(c(=O)n1-c1cccc(F)c1C(F)(F)F)[C@H]1CC[C@]2(C)C1(C)C. The third kappa shape index (κ3) is 1.81. The number of fused-ring (bicyclic) bond motifs is 5. The molecule has 0 N–H and O–H groups in total. The highest BCUT2D eigenvalue weighted by Crippen LogP contribution is 2.66. The number of hydrogen-bond donors (Lipinski definition) is 0. The summed E-state index contributed by atoms with van der Waals surface area (Å²) in [5.74, 6) is -1.37. The Balaban J connectivity index is 2.06. The van der Waals surface area contributed by atoms with Crippen molar-refractivity contribution in [1.82, 2.24) is 9.36 Å². The van der Waals surface area contributed by atoms with Crippen LogP contribution < -0.4 is 5.56 Å². The Labute approximate surface area is 148 Å². The molecule has 26 heavy (non-hydrogen) atoms. The number of aromatic nitrogens is 2. The van der Waals surface area contributed by atoms with E-state index in [2.05, 4.69) is 20.8 Å². The van der Waals surface area contributed by atoms with Gasteiger partial charge in [-0.25, -0.2) is 9.07 Å². The van der Waals surface area contributed by atoms with Gasteiger partial charge in [0.15, 0.2) is 0 Å². The van der Waals surface area contributed by atoms with Gasteiger partial charge in [0.05, 0.1) is 11.4 Å². The standard InChI is InChI=1S/C19H20F4N2O/c1-17(2)10-8-9-18(17,3)15-13(10)16(26)25(24(15)4)12-7-5-6-11(20)14(12)19(21,22)23/h5-7,10H,8-9H2,1-4H3/t10-,18+/m1/s1. The van der Waals surface area contributed by atoms with Crippen LogP contribution in [0.3, 0.4) is 0 Å². The van der Waals surface area contributed by atoms with Crippen molar-refractivity contribution in [2.24, 2.45) is 12.5 Å². The highest BCUT2D eigenvalue weighted by atomic mass is 19.4. The molecule has 1 saturated carbocycles. The summed E-state index contributed by atoms with van der Waals surface area (Å²) in [6, 6.07) is 3.12. The van der Waals surface area contributed by atoms with Crippen LogP contribution in [-0.4, -0.2) is 9.36 Å². The Morgan fingerprint density at radius 3 is 2.42 bits per heavy atom. The number of hydrogen-bond acceptors (Lipinski definition) is 1. The first-order valence-corrected chi connectivity index (χ1v) is 8.61. The number of alkyl halides is 3. The molecule has 1 fully saturated rings. The Morgan fingerprint density at radius 2 is 1.85 bits per heavy atom. The maximum atomic E-state index is 14.0. The fourth-order valence-corrected chi connectivity index (χ4v) is 5.26. The molecule has 2 atom stereocenters. The minimum absolute atomic E-state index is 0.00495. The second-order valence-corrected chi connectivity index (χ2v) is 8.18. The summed E-state index contributed by atoms with van der Waals surface area (Å²) in [5.41, 5.74) is -1.40. The van der Waals surface area contributed by atoms with Gasteiger partial charge in [0.1, 0.15) is 11.4 Å². The van der Waals surface area contributed by atoms with Crippen LogP contribution in [0.15, 0.2) is 23.0 Å². The van der Waals surface area contributed by atoms with Crippen molar-refractivity contribution in [3.05, 3.63) is 51.2 Å². The van der Waals surface area contributed by atoms with E-state index in [4.69, 9.17) is 0 Å².